The maximum Gasteiger partial charge on any atom is 0.214 e. The summed E-state index contributed by atoms with van der Waals surface area (Å²) in [4.78, 5) is 5.27. The third-order valence-electron chi connectivity index (χ3n) is 3.21. The molecular weight excluding hydrogens is 284 g/mol. The van der Waals surface area contributed by atoms with Gasteiger partial charge in [-0.2, -0.15) is 0 Å². The molecule has 21 heavy (non-hydrogen) atoms. The largest absolute Gasteiger partial charge is 0.392 e. The van der Waals surface area contributed by atoms with E-state index in [1.165, 1.54) is 11.3 Å². The van der Waals surface area contributed by atoms with E-state index in [1.54, 1.807) is 6.20 Å². The number of rotatable bonds is 5. The number of anilines is 1. The van der Waals surface area contributed by atoms with Crippen LogP contribution in [0.2, 0.25) is 0 Å². The first-order valence-electron chi connectivity index (χ1n) is 6.96. The van der Waals surface area contributed by atoms with E-state index in [0.29, 0.717) is 5.92 Å². The van der Waals surface area contributed by atoms with Crippen LogP contribution in [0.15, 0.2) is 30.5 Å². The molecular formula is C15H18N4OS. The van der Waals surface area contributed by atoms with Crippen LogP contribution in [0.1, 0.15) is 19.4 Å². The molecule has 0 radical (unpaired) electrons. The monoisotopic (exact) mass is 302 g/mol. The molecule has 0 aliphatic carbocycles. The summed E-state index contributed by atoms with van der Waals surface area (Å²) in [5, 5.41) is 18.3. The van der Waals surface area contributed by atoms with E-state index < -0.39 is 0 Å². The molecule has 0 aliphatic heterocycles. The van der Waals surface area contributed by atoms with Gasteiger partial charge < -0.3 is 10.4 Å². The Morgan fingerprint density at radius 1 is 1.33 bits per heavy atom. The number of aliphatic hydroxyl groups excluding tert-OH is 1. The van der Waals surface area contributed by atoms with Crippen LogP contribution in [-0.4, -0.2) is 26.2 Å². The minimum absolute atomic E-state index is 0.00595. The summed E-state index contributed by atoms with van der Waals surface area (Å²) in [7, 11) is 0. The highest BCUT2D eigenvalue weighted by molar-refractivity contribution is 7.20. The third-order valence-corrected chi connectivity index (χ3v) is 4.09. The number of aliphatic hydroxyl groups is 1. The van der Waals surface area contributed by atoms with Crippen LogP contribution < -0.4 is 5.32 Å². The Kier molecular flexibility index (Phi) is 3.90. The van der Waals surface area contributed by atoms with Crippen molar-refractivity contribution in [1.82, 2.24) is 14.6 Å². The van der Waals surface area contributed by atoms with Crippen molar-refractivity contribution in [3.8, 4) is 11.3 Å². The Morgan fingerprint density at radius 2 is 2.14 bits per heavy atom. The Morgan fingerprint density at radius 3 is 2.90 bits per heavy atom. The van der Waals surface area contributed by atoms with Crippen LogP contribution in [0.5, 0.6) is 0 Å². The molecule has 2 aromatic heterocycles. The molecule has 0 saturated carbocycles. The topological polar surface area (TPSA) is 62.5 Å². The molecule has 110 valence electrons. The molecule has 6 heteroatoms. The highest BCUT2D eigenvalue weighted by atomic mass is 32.1. The normalized spacial score (nSPS) is 11.4. The second-order valence-electron chi connectivity index (χ2n) is 5.34. The summed E-state index contributed by atoms with van der Waals surface area (Å²) in [5.41, 5.74) is 2.75. The number of nitrogens with one attached hydrogen (secondary N) is 1. The SMILES string of the molecule is CC(C)CNc1nn2c(-c3ccccc3CO)cnc2s1. The lowest BCUT2D eigenvalue weighted by Crippen LogP contribution is -2.07. The maximum atomic E-state index is 9.48. The number of fused-ring (bicyclic) bond motifs is 1. The summed E-state index contributed by atoms with van der Waals surface area (Å²) >= 11 is 1.54. The lowest BCUT2D eigenvalue weighted by atomic mass is 10.1. The number of aromatic nitrogens is 3. The van der Waals surface area contributed by atoms with Gasteiger partial charge in [-0.1, -0.05) is 49.4 Å². The standard InChI is InChI=1S/C15H18N4OS/c1-10(2)7-16-14-18-19-13(8-17-15(19)21-14)12-6-4-3-5-11(12)9-20/h3-6,8,10,20H,7,9H2,1-2H3,(H,16,18). The smallest absolute Gasteiger partial charge is 0.214 e. The fraction of sp³-hybridized carbons (Fsp3) is 0.333. The van der Waals surface area contributed by atoms with E-state index in [9.17, 15) is 5.11 Å². The Labute approximate surface area is 127 Å². The molecule has 0 unspecified atom stereocenters. The van der Waals surface area contributed by atoms with Crippen LogP contribution in [-0.2, 0) is 6.61 Å². The number of imidazole rings is 1. The molecule has 1 aromatic carbocycles. The van der Waals surface area contributed by atoms with Crippen LogP contribution in [0.25, 0.3) is 16.2 Å². The molecule has 3 aromatic rings. The molecule has 0 spiro atoms. The fourth-order valence-electron chi connectivity index (χ4n) is 2.15. The van der Waals surface area contributed by atoms with E-state index in [1.807, 2.05) is 28.8 Å². The van der Waals surface area contributed by atoms with Gasteiger partial charge in [0.15, 0.2) is 0 Å². The van der Waals surface area contributed by atoms with Crippen molar-refractivity contribution in [3.63, 3.8) is 0 Å². The summed E-state index contributed by atoms with van der Waals surface area (Å²) in [6.45, 7) is 5.22. The van der Waals surface area contributed by atoms with Crippen molar-refractivity contribution in [2.75, 3.05) is 11.9 Å². The van der Waals surface area contributed by atoms with Gasteiger partial charge in [0.1, 0.15) is 0 Å². The predicted octanol–water partition coefficient (Wildman–Crippen LogP) is 3.02. The average Bonchev–Trinajstić information content (AvgIpc) is 3.04. The van der Waals surface area contributed by atoms with E-state index in [4.69, 9.17) is 0 Å². The van der Waals surface area contributed by atoms with Crippen molar-refractivity contribution in [2.45, 2.75) is 20.5 Å². The molecule has 2 N–H and O–H groups in total. The highest BCUT2D eigenvalue weighted by Gasteiger charge is 2.13. The summed E-state index contributed by atoms with van der Waals surface area (Å²) in [6.07, 6.45) is 1.81. The van der Waals surface area contributed by atoms with Gasteiger partial charge in [-0.3, -0.25) is 0 Å². The van der Waals surface area contributed by atoms with Gasteiger partial charge in [0, 0.05) is 12.1 Å². The van der Waals surface area contributed by atoms with Gasteiger partial charge in [0.25, 0.3) is 0 Å². The molecule has 0 bridgehead atoms. The number of hydrogen-bond acceptors (Lipinski definition) is 5. The molecule has 0 aliphatic rings. The number of benzene rings is 1. The van der Waals surface area contributed by atoms with Gasteiger partial charge >= 0.3 is 0 Å². The van der Waals surface area contributed by atoms with Crippen molar-refractivity contribution < 1.29 is 5.11 Å². The van der Waals surface area contributed by atoms with Crippen LogP contribution in [0, 0.1) is 5.92 Å². The van der Waals surface area contributed by atoms with Crippen LogP contribution >= 0.6 is 11.3 Å². The predicted molar refractivity (Wildman–Crippen MR) is 85.6 cm³/mol. The van der Waals surface area contributed by atoms with Crippen molar-refractivity contribution >= 4 is 21.4 Å². The van der Waals surface area contributed by atoms with Crippen LogP contribution in [0.4, 0.5) is 5.13 Å². The molecule has 0 atom stereocenters. The van der Waals surface area contributed by atoms with Crippen LogP contribution in [0.3, 0.4) is 0 Å². The van der Waals surface area contributed by atoms with Gasteiger partial charge in [0.05, 0.1) is 18.5 Å². The number of hydrogen-bond donors (Lipinski definition) is 2. The quantitative estimate of drug-likeness (QED) is 0.760. The zero-order chi connectivity index (χ0) is 14.8. The molecule has 0 saturated heterocycles. The molecule has 0 amide bonds. The van der Waals surface area contributed by atoms with Crippen molar-refractivity contribution in [2.24, 2.45) is 5.92 Å². The minimum Gasteiger partial charge on any atom is -0.392 e. The first kappa shape index (κ1) is 14.0. The zero-order valence-electron chi connectivity index (χ0n) is 12.1. The van der Waals surface area contributed by atoms with Gasteiger partial charge in [-0.05, 0) is 11.5 Å². The minimum atomic E-state index is 0.00595. The van der Waals surface area contributed by atoms with Crippen molar-refractivity contribution in [3.05, 3.63) is 36.0 Å². The molecule has 2 heterocycles. The lowest BCUT2D eigenvalue weighted by Gasteiger charge is -2.05. The molecule has 3 rings (SSSR count). The Balaban J connectivity index is 1.99. The lowest BCUT2D eigenvalue weighted by molar-refractivity contribution is 0.282. The zero-order valence-corrected chi connectivity index (χ0v) is 12.9. The fourth-order valence-corrected chi connectivity index (χ4v) is 2.93. The van der Waals surface area contributed by atoms with Gasteiger partial charge in [0.2, 0.25) is 10.1 Å². The summed E-state index contributed by atoms with van der Waals surface area (Å²) in [5.74, 6) is 0.566. The first-order chi connectivity index (χ1) is 10.2. The average molecular weight is 302 g/mol. The van der Waals surface area contributed by atoms with Crippen molar-refractivity contribution in [1.29, 1.82) is 0 Å². The third kappa shape index (κ3) is 2.77. The second kappa shape index (κ2) is 5.83. The Bertz CT molecular complexity index is 747. The van der Waals surface area contributed by atoms with E-state index >= 15 is 0 Å². The molecule has 0 fully saturated rings. The second-order valence-corrected chi connectivity index (χ2v) is 6.29. The molecule has 5 nitrogen and oxygen atoms in total. The van der Waals surface area contributed by atoms with E-state index in [-0.39, 0.29) is 6.61 Å². The highest BCUT2D eigenvalue weighted by Crippen LogP contribution is 2.28. The maximum absolute atomic E-state index is 9.48. The van der Waals surface area contributed by atoms with Gasteiger partial charge in [-0.25, -0.2) is 9.50 Å². The number of nitrogens with zero attached hydrogens (tertiary/aromatic N) is 3. The Hall–Kier alpha value is -1.92. The first-order valence-corrected chi connectivity index (χ1v) is 7.78. The van der Waals surface area contributed by atoms with E-state index in [0.717, 1.165) is 33.5 Å². The van der Waals surface area contributed by atoms with E-state index in [2.05, 4.69) is 29.2 Å². The summed E-state index contributed by atoms with van der Waals surface area (Å²) in [6, 6.07) is 7.77. The van der Waals surface area contributed by atoms with Gasteiger partial charge in [-0.15, -0.1) is 5.10 Å². The summed E-state index contributed by atoms with van der Waals surface area (Å²) < 4.78 is 1.84.